The Kier molecular flexibility index (Phi) is 2.83. The van der Waals surface area contributed by atoms with Crippen LogP contribution in [0.1, 0.15) is 11.3 Å². The molecule has 6 heteroatoms. The number of nitrogens with one attached hydrogen (secondary N) is 2. The van der Waals surface area contributed by atoms with Crippen LogP contribution in [-0.2, 0) is 0 Å². The van der Waals surface area contributed by atoms with Crippen molar-refractivity contribution in [2.45, 2.75) is 13.8 Å². The second-order valence-corrected chi connectivity index (χ2v) is 4.70. The van der Waals surface area contributed by atoms with Gasteiger partial charge in [-0.05, 0) is 32.0 Å². The van der Waals surface area contributed by atoms with Crippen LogP contribution in [0.2, 0.25) is 5.15 Å². The molecule has 0 aliphatic carbocycles. The van der Waals surface area contributed by atoms with Crippen molar-refractivity contribution >= 4 is 34.1 Å². The summed E-state index contributed by atoms with van der Waals surface area (Å²) in [6.07, 6.45) is 1.77. The zero-order chi connectivity index (χ0) is 13.4. The van der Waals surface area contributed by atoms with Crippen molar-refractivity contribution < 1.29 is 0 Å². The van der Waals surface area contributed by atoms with Crippen LogP contribution in [0.4, 0.5) is 11.6 Å². The standard InChI is InChI=1S/C13H12ClN5/c1-7-8(2)16-13(18-12(7)14)17-10-3-4-11-9(5-10)6-15-19-11/h3-6H,1-2H3,(H,15,19)(H,16,17,18). The molecule has 0 atom stereocenters. The smallest absolute Gasteiger partial charge is 0.228 e. The van der Waals surface area contributed by atoms with Crippen molar-refractivity contribution in [1.29, 1.82) is 0 Å². The number of aromatic nitrogens is 4. The zero-order valence-electron chi connectivity index (χ0n) is 10.5. The van der Waals surface area contributed by atoms with Crippen molar-refractivity contribution in [3.63, 3.8) is 0 Å². The van der Waals surface area contributed by atoms with E-state index in [0.717, 1.165) is 27.8 Å². The third-order valence-electron chi connectivity index (χ3n) is 3.03. The molecular weight excluding hydrogens is 262 g/mol. The Morgan fingerprint density at radius 2 is 2.05 bits per heavy atom. The molecule has 0 saturated heterocycles. The van der Waals surface area contributed by atoms with Crippen LogP contribution >= 0.6 is 11.6 Å². The van der Waals surface area contributed by atoms with E-state index in [4.69, 9.17) is 11.6 Å². The summed E-state index contributed by atoms with van der Waals surface area (Å²) in [5.41, 5.74) is 3.65. The maximum atomic E-state index is 6.06. The van der Waals surface area contributed by atoms with Crippen LogP contribution in [0.25, 0.3) is 10.9 Å². The van der Waals surface area contributed by atoms with Gasteiger partial charge >= 0.3 is 0 Å². The molecule has 3 rings (SSSR count). The molecule has 0 saturated carbocycles. The Morgan fingerprint density at radius 3 is 2.84 bits per heavy atom. The van der Waals surface area contributed by atoms with Gasteiger partial charge in [-0.25, -0.2) is 9.97 Å². The van der Waals surface area contributed by atoms with E-state index >= 15 is 0 Å². The van der Waals surface area contributed by atoms with Gasteiger partial charge in [-0.1, -0.05) is 11.6 Å². The molecule has 2 heterocycles. The van der Waals surface area contributed by atoms with Crippen molar-refractivity contribution in [1.82, 2.24) is 20.2 Å². The molecule has 0 bridgehead atoms. The molecule has 0 amide bonds. The van der Waals surface area contributed by atoms with E-state index in [-0.39, 0.29) is 0 Å². The predicted molar refractivity (Wildman–Crippen MR) is 75.9 cm³/mol. The summed E-state index contributed by atoms with van der Waals surface area (Å²) < 4.78 is 0. The predicted octanol–water partition coefficient (Wildman–Crippen LogP) is 3.37. The molecular formula is C13H12ClN5. The van der Waals surface area contributed by atoms with Crippen molar-refractivity contribution in [2.24, 2.45) is 0 Å². The molecule has 19 heavy (non-hydrogen) atoms. The number of benzene rings is 1. The van der Waals surface area contributed by atoms with Crippen LogP contribution in [-0.4, -0.2) is 20.2 Å². The monoisotopic (exact) mass is 273 g/mol. The highest BCUT2D eigenvalue weighted by molar-refractivity contribution is 6.30. The lowest BCUT2D eigenvalue weighted by Gasteiger charge is -2.08. The van der Waals surface area contributed by atoms with Gasteiger partial charge in [-0.2, -0.15) is 5.10 Å². The second kappa shape index (κ2) is 4.51. The van der Waals surface area contributed by atoms with Crippen LogP contribution in [0.3, 0.4) is 0 Å². The maximum absolute atomic E-state index is 6.06. The normalized spacial score (nSPS) is 10.9. The van der Waals surface area contributed by atoms with Gasteiger partial charge in [0, 0.05) is 22.3 Å². The molecule has 0 fully saturated rings. The van der Waals surface area contributed by atoms with Gasteiger partial charge < -0.3 is 5.32 Å². The number of anilines is 2. The lowest BCUT2D eigenvalue weighted by Crippen LogP contribution is -2.01. The molecule has 2 N–H and O–H groups in total. The maximum Gasteiger partial charge on any atom is 0.228 e. The molecule has 0 unspecified atom stereocenters. The summed E-state index contributed by atoms with van der Waals surface area (Å²) in [5.74, 6) is 0.496. The Hall–Kier alpha value is -2.14. The highest BCUT2D eigenvalue weighted by atomic mass is 35.5. The van der Waals surface area contributed by atoms with Crippen LogP contribution in [0.15, 0.2) is 24.4 Å². The number of H-pyrrole nitrogens is 1. The average Bonchev–Trinajstić information content (AvgIpc) is 2.83. The fourth-order valence-electron chi connectivity index (χ4n) is 1.80. The third-order valence-corrected chi connectivity index (χ3v) is 3.39. The van der Waals surface area contributed by atoms with E-state index in [1.54, 1.807) is 6.20 Å². The van der Waals surface area contributed by atoms with Crippen molar-refractivity contribution in [3.05, 3.63) is 40.8 Å². The number of hydrogen-bond donors (Lipinski definition) is 2. The zero-order valence-corrected chi connectivity index (χ0v) is 11.3. The fraction of sp³-hybridized carbons (Fsp3) is 0.154. The largest absolute Gasteiger partial charge is 0.324 e. The van der Waals surface area contributed by atoms with E-state index < -0.39 is 0 Å². The average molecular weight is 274 g/mol. The first kappa shape index (κ1) is 11.9. The van der Waals surface area contributed by atoms with Crippen molar-refractivity contribution in [2.75, 3.05) is 5.32 Å². The Labute approximate surface area is 115 Å². The number of aryl methyl sites for hydroxylation is 1. The summed E-state index contributed by atoms with van der Waals surface area (Å²) in [6, 6.07) is 5.87. The Balaban J connectivity index is 1.96. The van der Waals surface area contributed by atoms with Gasteiger partial charge in [0.05, 0.1) is 11.7 Å². The van der Waals surface area contributed by atoms with E-state index in [1.807, 2.05) is 32.0 Å². The van der Waals surface area contributed by atoms with E-state index in [9.17, 15) is 0 Å². The summed E-state index contributed by atoms with van der Waals surface area (Å²) in [6.45, 7) is 3.81. The highest BCUT2D eigenvalue weighted by Crippen LogP contribution is 2.22. The van der Waals surface area contributed by atoms with Crippen LogP contribution in [0, 0.1) is 13.8 Å². The molecule has 5 nitrogen and oxygen atoms in total. The molecule has 0 radical (unpaired) electrons. The number of fused-ring (bicyclic) bond motifs is 1. The molecule has 0 aliphatic heterocycles. The highest BCUT2D eigenvalue weighted by Gasteiger charge is 2.06. The first-order valence-electron chi connectivity index (χ1n) is 5.84. The van der Waals surface area contributed by atoms with Gasteiger partial charge in [0.1, 0.15) is 5.15 Å². The summed E-state index contributed by atoms with van der Waals surface area (Å²) >= 11 is 6.06. The van der Waals surface area contributed by atoms with Gasteiger partial charge in [0.15, 0.2) is 0 Å². The van der Waals surface area contributed by atoms with E-state index in [2.05, 4.69) is 25.5 Å². The molecule has 0 spiro atoms. The minimum atomic E-state index is 0.472. The number of halogens is 1. The number of nitrogens with zero attached hydrogens (tertiary/aromatic N) is 3. The minimum absolute atomic E-state index is 0.472. The molecule has 3 aromatic rings. The van der Waals surface area contributed by atoms with E-state index in [1.165, 1.54) is 0 Å². The number of aromatic amines is 1. The minimum Gasteiger partial charge on any atom is -0.324 e. The third kappa shape index (κ3) is 2.24. The first-order valence-corrected chi connectivity index (χ1v) is 6.22. The topological polar surface area (TPSA) is 66.5 Å². The lowest BCUT2D eigenvalue weighted by atomic mass is 10.2. The molecule has 1 aromatic carbocycles. The Morgan fingerprint density at radius 1 is 1.21 bits per heavy atom. The van der Waals surface area contributed by atoms with E-state index in [0.29, 0.717) is 11.1 Å². The van der Waals surface area contributed by atoms with Gasteiger partial charge in [0.2, 0.25) is 5.95 Å². The van der Waals surface area contributed by atoms with Gasteiger partial charge in [-0.3, -0.25) is 5.10 Å². The lowest BCUT2D eigenvalue weighted by molar-refractivity contribution is 1.07. The molecule has 96 valence electrons. The summed E-state index contributed by atoms with van der Waals surface area (Å²) in [5, 5.41) is 11.5. The van der Waals surface area contributed by atoms with Crippen molar-refractivity contribution in [3.8, 4) is 0 Å². The van der Waals surface area contributed by atoms with Crippen LogP contribution < -0.4 is 5.32 Å². The first-order chi connectivity index (χ1) is 9.13. The van der Waals surface area contributed by atoms with Gasteiger partial charge in [-0.15, -0.1) is 0 Å². The fourth-order valence-corrected chi connectivity index (χ4v) is 2.02. The number of rotatable bonds is 2. The van der Waals surface area contributed by atoms with Gasteiger partial charge in [0.25, 0.3) is 0 Å². The molecule has 2 aromatic heterocycles. The van der Waals surface area contributed by atoms with Crippen LogP contribution in [0.5, 0.6) is 0 Å². The number of hydrogen-bond acceptors (Lipinski definition) is 4. The SMILES string of the molecule is Cc1nc(Nc2ccc3[nH]ncc3c2)nc(Cl)c1C. The Bertz CT molecular complexity index is 727. The quantitative estimate of drug-likeness (QED) is 0.703. The second-order valence-electron chi connectivity index (χ2n) is 4.35. The summed E-state index contributed by atoms with van der Waals surface area (Å²) in [7, 11) is 0. The molecule has 0 aliphatic rings. The summed E-state index contributed by atoms with van der Waals surface area (Å²) in [4.78, 5) is 8.58.